The number of ether oxygens (including phenoxy) is 1. The molecule has 2 aliphatic rings. The Labute approximate surface area is 127 Å². The summed E-state index contributed by atoms with van der Waals surface area (Å²) in [5.41, 5.74) is 1.58. The Balaban J connectivity index is 1.88. The van der Waals surface area contributed by atoms with Gasteiger partial charge in [-0.2, -0.15) is 0 Å². The summed E-state index contributed by atoms with van der Waals surface area (Å²) in [5, 5.41) is 0.842. The summed E-state index contributed by atoms with van der Waals surface area (Å²) < 4.78 is 11.3. The number of rotatable bonds is 0. The van der Waals surface area contributed by atoms with Crippen molar-refractivity contribution in [1.82, 2.24) is 0 Å². The zero-order valence-electron chi connectivity index (χ0n) is 12.6. The third-order valence-electron chi connectivity index (χ3n) is 4.39. The first-order chi connectivity index (χ1) is 10.4. The van der Waals surface area contributed by atoms with Gasteiger partial charge in [0.1, 0.15) is 17.1 Å². The summed E-state index contributed by atoms with van der Waals surface area (Å²) in [4.78, 5) is 23.9. The summed E-state index contributed by atoms with van der Waals surface area (Å²) in [6, 6.07) is 6.89. The number of Topliss-reactive ketones (excluding diaryl/α,β-unsaturated/α-hetero) is 1. The summed E-state index contributed by atoms with van der Waals surface area (Å²) in [6.07, 6.45) is 1.76. The van der Waals surface area contributed by atoms with Crippen LogP contribution in [-0.4, -0.2) is 5.78 Å². The van der Waals surface area contributed by atoms with Gasteiger partial charge in [-0.25, -0.2) is 4.79 Å². The summed E-state index contributed by atoms with van der Waals surface area (Å²) in [7, 11) is 0. The lowest BCUT2D eigenvalue weighted by molar-refractivity contribution is -0.118. The van der Waals surface area contributed by atoms with Crippen LogP contribution in [0.25, 0.3) is 11.0 Å². The van der Waals surface area contributed by atoms with Gasteiger partial charge in [-0.05, 0) is 23.6 Å². The summed E-state index contributed by atoms with van der Waals surface area (Å²) in [5.74, 6) is 1.59. The number of carbonyl (C=O) groups is 1. The van der Waals surface area contributed by atoms with Crippen LogP contribution in [0.2, 0.25) is 0 Å². The molecule has 0 unspecified atom stereocenters. The van der Waals surface area contributed by atoms with E-state index in [0.29, 0.717) is 24.2 Å². The highest BCUT2D eigenvalue weighted by molar-refractivity contribution is 5.99. The van der Waals surface area contributed by atoms with E-state index in [0.717, 1.165) is 28.7 Å². The van der Waals surface area contributed by atoms with Gasteiger partial charge in [0, 0.05) is 41.9 Å². The van der Waals surface area contributed by atoms with Gasteiger partial charge >= 0.3 is 5.63 Å². The van der Waals surface area contributed by atoms with Gasteiger partial charge < -0.3 is 9.15 Å². The molecule has 1 aliphatic carbocycles. The maximum atomic E-state index is 12.4. The monoisotopic (exact) mass is 296 g/mol. The first-order valence-electron chi connectivity index (χ1n) is 7.42. The molecule has 0 spiro atoms. The molecule has 2 aromatic rings. The zero-order chi connectivity index (χ0) is 15.5. The van der Waals surface area contributed by atoms with Crippen molar-refractivity contribution >= 4 is 16.8 Å². The molecule has 0 radical (unpaired) electrons. The third-order valence-corrected chi connectivity index (χ3v) is 4.39. The molecule has 4 heteroatoms. The molecule has 0 fully saturated rings. The van der Waals surface area contributed by atoms with Crippen molar-refractivity contribution in [3.63, 3.8) is 0 Å². The van der Waals surface area contributed by atoms with Gasteiger partial charge in [-0.3, -0.25) is 4.79 Å². The lowest BCUT2D eigenvalue weighted by Gasteiger charge is -2.34. The van der Waals surface area contributed by atoms with Crippen molar-refractivity contribution in [2.75, 3.05) is 0 Å². The van der Waals surface area contributed by atoms with Gasteiger partial charge in [-0.15, -0.1) is 0 Å². The highest BCUT2D eigenvalue weighted by Crippen LogP contribution is 2.43. The molecule has 4 rings (SSSR count). The molecule has 1 aromatic carbocycles. The van der Waals surface area contributed by atoms with Crippen LogP contribution in [0.15, 0.2) is 44.8 Å². The molecule has 1 aliphatic heterocycles. The Bertz CT molecular complexity index is 899. The fourth-order valence-corrected chi connectivity index (χ4v) is 3.34. The van der Waals surface area contributed by atoms with Crippen molar-refractivity contribution in [2.24, 2.45) is 5.41 Å². The Kier molecular flexibility index (Phi) is 2.61. The molecule has 1 aromatic heterocycles. The molecular weight excluding hydrogens is 280 g/mol. The van der Waals surface area contributed by atoms with E-state index in [9.17, 15) is 9.59 Å². The maximum absolute atomic E-state index is 12.4. The van der Waals surface area contributed by atoms with Crippen LogP contribution in [-0.2, 0) is 11.2 Å². The maximum Gasteiger partial charge on any atom is 0.336 e. The van der Waals surface area contributed by atoms with E-state index < -0.39 is 5.63 Å². The van der Waals surface area contributed by atoms with Gasteiger partial charge in [-0.1, -0.05) is 13.8 Å². The largest absolute Gasteiger partial charge is 0.461 e. The van der Waals surface area contributed by atoms with Crippen LogP contribution in [0.3, 0.4) is 0 Å². The minimum Gasteiger partial charge on any atom is -0.461 e. The lowest BCUT2D eigenvalue weighted by Crippen LogP contribution is -2.30. The fourth-order valence-electron chi connectivity index (χ4n) is 3.34. The quantitative estimate of drug-likeness (QED) is 0.699. The summed E-state index contributed by atoms with van der Waals surface area (Å²) in [6.45, 7) is 4.15. The number of hydrogen-bond acceptors (Lipinski definition) is 4. The average Bonchev–Trinajstić information content (AvgIpc) is 2.44. The van der Waals surface area contributed by atoms with E-state index in [4.69, 9.17) is 9.15 Å². The predicted molar refractivity (Wildman–Crippen MR) is 81.9 cm³/mol. The molecule has 0 saturated carbocycles. The number of fused-ring (bicyclic) bond motifs is 3. The second kappa shape index (κ2) is 4.32. The van der Waals surface area contributed by atoms with Crippen molar-refractivity contribution in [2.45, 2.75) is 33.1 Å². The second-order valence-electron chi connectivity index (χ2n) is 6.84. The Morgan fingerprint density at radius 3 is 2.64 bits per heavy atom. The van der Waals surface area contributed by atoms with Crippen molar-refractivity contribution < 1.29 is 13.9 Å². The van der Waals surface area contributed by atoms with Crippen molar-refractivity contribution in [1.29, 1.82) is 0 Å². The first-order valence-corrected chi connectivity index (χ1v) is 7.42. The van der Waals surface area contributed by atoms with E-state index in [1.165, 1.54) is 6.07 Å². The Morgan fingerprint density at radius 2 is 1.82 bits per heavy atom. The number of allylic oxidation sites excluding steroid dienone is 2. The SMILES string of the molecule is CC1(C)CC(=O)C2=C(C1)Oc1ccc3ccc(=O)oc3c1C2. The molecule has 2 heterocycles. The van der Waals surface area contributed by atoms with E-state index in [1.54, 1.807) is 6.07 Å². The highest BCUT2D eigenvalue weighted by Gasteiger charge is 2.37. The number of hydrogen-bond donors (Lipinski definition) is 0. The van der Waals surface area contributed by atoms with E-state index in [-0.39, 0.29) is 11.2 Å². The Morgan fingerprint density at radius 1 is 1.05 bits per heavy atom. The van der Waals surface area contributed by atoms with Crippen LogP contribution >= 0.6 is 0 Å². The standard InChI is InChI=1S/C18H16O4/c1-18(2)8-13(19)11-7-12-14(21-15(11)9-18)5-3-10-4-6-16(20)22-17(10)12/h3-6H,7-9H2,1-2H3. The normalized spacial score (nSPS) is 19.6. The lowest BCUT2D eigenvalue weighted by atomic mass is 9.74. The van der Waals surface area contributed by atoms with Crippen LogP contribution in [0.5, 0.6) is 5.75 Å². The topological polar surface area (TPSA) is 56.5 Å². The minimum absolute atomic E-state index is 0.0726. The van der Waals surface area contributed by atoms with Crippen LogP contribution in [0.4, 0.5) is 0 Å². The van der Waals surface area contributed by atoms with Crippen LogP contribution in [0.1, 0.15) is 32.3 Å². The number of benzene rings is 1. The first kappa shape index (κ1) is 13.3. The number of carbonyl (C=O) groups excluding carboxylic acids is 1. The van der Waals surface area contributed by atoms with Crippen molar-refractivity contribution in [3.8, 4) is 5.75 Å². The number of ketones is 1. The molecule has 0 amide bonds. The molecule has 0 saturated heterocycles. The van der Waals surface area contributed by atoms with Crippen LogP contribution in [0, 0.1) is 5.41 Å². The molecule has 22 heavy (non-hydrogen) atoms. The summed E-state index contributed by atoms with van der Waals surface area (Å²) >= 11 is 0. The van der Waals surface area contributed by atoms with Crippen molar-refractivity contribution in [3.05, 3.63) is 51.6 Å². The Hall–Kier alpha value is -2.36. The molecule has 0 atom stereocenters. The van der Waals surface area contributed by atoms with Gasteiger partial charge in [0.2, 0.25) is 0 Å². The minimum atomic E-state index is -0.392. The molecule has 0 bridgehead atoms. The van der Waals surface area contributed by atoms with E-state index >= 15 is 0 Å². The second-order valence-corrected chi connectivity index (χ2v) is 6.84. The van der Waals surface area contributed by atoms with E-state index in [1.807, 2.05) is 12.1 Å². The van der Waals surface area contributed by atoms with Crippen LogP contribution < -0.4 is 10.4 Å². The van der Waals surface area contributed by atoms with Gasteiger partial charge in [0.25, 0.3) is 0 Å². The predicted octanol–water partition coefficient (Wildman–Crippen LogP) is 3.37. The highest BCUT2D eigenvalue weighted by atomic mass is 16.5. The van der Waals surface area contributed by atoms with Gasteiger partial charge in [0.15, 0.2) is 5.78 Å². The molecular formula is C18H16O4. The average molecular weight is 296 g/mol. The smallest absolute Gasteiger partial charge is 0.336 e. The van der Waals surface area contributed by atoms with E-state index in [2.05, 4.69) is 13.8 Å². The zero-order valence-corrected chi connectivity index (χ0v) is 12.6. The molecule has 4 nitrogen and oxygen atoms in total. The fraction of sp³-hybridized carbons (Fsp3) is 0.333. The van der Waals surface area contributed by atoms with Gasteiger partial charge in [0.05, 0.1) is 0 Å². The third kappa shape index (κ3) is 1.98. The molecule has 112 valence electrons. The molecule has 0 N–H and O–H groups in total.